The summed E-state index contributed by atoms with van der Waals surface area (Å²) < 4.78 is 12.8. The van der Waals surface area contributed by atoms with Crippen LogP contribution in [0.1, 0.15) is 19.3 Å². The second-order valence-corrected chi connectivity index (χ2v) is 3.69. The molecule has 82 valence electrons. The highest BCUT2D eigenvalue weighted by Crippen LogP contribution is 2.11. The Morgan fingerprint density at radius 3 is 2.73 bits per heavy atom. The predicted molar refractivity (Wildman–Crippen MR) is 51.1 cm³/mol. The molecule has 1 fully saturated rings. The number of alkyl halides is 1. The number of halogens is 1. The first-order chi connectivity index (χ1) is 7.18. The predicted octanol–water partition coefficient (Wildman–Crippen LogP) is -0.478. The van der Waals surface area contributed by atoms with Crippen molar-refractivity contribution < 1.29 is 14.0 Å². The van der Waals surface area contributed by atoms with Crippen molar-refractivity contribution in [1.82, 2.24) is 10.6 Å². The van der Waals surface area contributed by atoms with Crippen molar-refractivity contribution in [2.45, 2.75) is 31.5 Å². The summed E-state index contributed by atoms with van der Waals surface area (Å²) in [6.07, 6.45) is 0.748. The van der Waals surface area contributed by atoms with Crippen molar-refractivity contribution >= 4 is 17.6 Å². The van der Waals surface area contributed by atoms with Crippen molar-refractivity contribution in [1.29, 1.82) is 0 Å². The van der Waals surface area contributed by atoms with Crippen LogP contribution in [0.2, 0.25) is 0 Å². The molecular weight excluding hydrogens is 201 g/mol. The summed E-state index contributed by atoms with van der Waals surface area (Å²) in [5.74, 6) is -1.64. The van der Waals surface area contributed by atoms with E-state index in [9.17, 15) is 14.0 Å². The monoisotopic (exact) mass is 213 g/mol. The molecule has 2 atom stereocenters. The first-order valence-electron chi connectivity index (χ1n) is 4.99. The second-order valence-electron chi connectivity index (χ2n) is 3.69. The van der Waals surface area contributed by atoms with Crippen LogP contribution >= 0.6 is 0 Å². The van der Waals surface area contributed by atoms with Crippen molar-refractivity contribution in [3.8, 4) is 0 Å². The van der Waals surface area contributed by atoms with Crippen molar-refractivity contribution in [2.75, 3.05) is 6.54 Å². The molecule has 0 bridgehead atoms. The van der Waals surface area contributed by atoms with Gasteiger partial charge in [-0.15, -0.1) is 0 Å². The van der Waals surface area contributed by atoms with Gasteiger partial charge in [0.1, 0.15) is 5.84 Å². The van der Waals surface area contributed by atoms with Gasteiger partial charge in [-0.3, -0.25) is 9.59 Å². The Balaban J connectivity index is 2.12. The van der Waals surface area contributed by atoms with E-state index in [1.165, 1.54) is 0 Å². The van der Waals surface area contributed by atoms with Crippen LogP contribution in [0.4, 0.5) is 4.39 Å². The lowest BCUT2D eigenvalue weighted by atomic mass is 10.0. The molecular formula is C9H12FN3O2. The van der Waals surface area contributed by atoms with Gasteiger partial charge in [-0.2, -0.15) is 4.99 Å². The lowest BCUT2D eigenvalue weighted by Crippen LogP contribution is -2.54. The van der Waals surface area contributed by atoms with Crippen LogP contribution in [0.15, 0.2) is 4.99 Å². The molecule has 6 heteroatoms. The van der Waals surface area contributed by atoms with Gasteiger partial charge in [-0.05, 0) is 19.4 Å². The fraction of sp³-hybridized carbons (Fsp3) is 0.667. The van der Waals surface area contributed by atoms with E-state index in [0.29, 0.717) is 0 Å². The molecule has 2 aliphatic heterocycles. The number of rotatable bonds is 1. The van der Waals surface area contributed by atoms with Crippen LogP contribution < -0.4 is 10.6 Å². The summed E-state index contributed by atoms with van der Waals surface area (Å²) in [5.41, 5.74) is 0. The molecule has 2 rings (SSSR count). The molecule has 2 N–H and O–H groups in total. The number of hydrogen-bond donors (Lipinski definition) is 2. The van der Waals surface area contributed by atoms with E-state index in [1.54, 1.807) is 0 Å². The average molecular weight is 213 g/mol. The second kappa shape index (κ2) is 4.06. The molecule has 15 heavy (non-hydrogen) atoms. The highest BCUT2D eigenvalue weighted by Gasteiger charge is 2.34. The van der Waals surface area contributed by atoms with E-state index >= 15 is 0 Å². The van der Waals surface area contributed by atoms with Crippen molar-refractivity contribution in [3.63, 3.8) is 0 Å². The summed E-state index contributed by atoms with van der Waals surface area (Å²) in [7, 11) is 0. The Labute approximate surface area is 86.1 Å². The van der Waals surface area contributed by atoms with Crippen LogP contribution in [-0.2, 0) is 9.59 Å². The number of carbonyl (C=O) groups is 2. The van der Waals surface area contributed by atoms with E-state index in [0.717, 1.165) is 25.8 Å². The maximum atomic E-state index is 12.8. The molecule has 0 aliphatic carbocycles. The number of piperidine rings is 1. The van der Waals surface area contributed by atoms with Crippen molar-refractivity contribution in [2.24, 2.45) is 4.99 Å². The van der Waals surface area contributed by atoms with Crippen LogP contribution in [0, 0.1) is 0 Å². The first-order valence-corrected chi connectivity index (χ1v) is 4.99. The minimum atomic E-state index is -2.14. The molecule has 2 amide bonds. The Kier molecular flexibility index (Phi) is 2.77. The zero-order valence-corrected chi connectivity index (χ0v) is 8.12. The van der Waals surface area contributed by atoms with Gasteiger partial charge in [0.15, 0.2) is 0 Å². The molecule has 5 nitrogen and oxygen atoms in total. The van der Waals surface area contributed by atoms with Crippen LogP contribution in [-0.4, -0.2) is 36.4 Å². The van der Waals surface area contributed by atoms with Gasteiger partial charge < -0.3 is 10.6 Å². The first kappa shape index (κ1) is 10.2. The quantitative estimate of drug-likeness (QED) is 0.578. The van der Waals surface area contributed by atoms with Gasteiger partial charge in [0.25, 0.3) is 18.0 Å². The minimum absolute atomic E-state index is 0.126. The fourth-order valence-corrected chi connectivity index (χ4v) is 1.76. The number of hydrogen-bond acceptors (Lipinski definition) is 3. The van der Waals surface area contributed by atoms with Crippen molar-refractivity contribution in [3.05, 3.63) is 0 Å². The smallest absolute Gasteiger partial charge is 0.291 e. The molecule has 2 aliphatic rings. The standard InChI is InChI=1S/C9H12FN3O2/c10-6-8(14)12-7(13-9(6)15)5-3-1-2-4-11-5/h5-6,11H,1-4H2,(H,12,13,14,15). The topological polar surface area (TPSA) is 70.6 Å². The molecule has 0 aromatic heterocycles. The Morgan fingerprint density at radius 2 is 2.13 bits per heavy atom. The molecule has 0 aromatic rings. The van der Waals surface area contributed by atoms with E-state index in [1.807, 2.05) is 0 Å². The van der Waals surface area contributed by atoms with E-state index in [4.69, 9.17) is 0 Å². The SMILES string of the molecule is O=C1N=C(C2CCCCN2)NC(=O)C1F. The number of aliphatic imine (C=N–C) groups is 1. The molecule has 0 spiro atoms. The number of amides is 2. The van der Waals surface area contributed by atoms with E-state index in [2.05, 4.69) is 15.6 Å². The molecule has 0 radical (unpaired) electrons. The summed E-state index contributed by atoms with van der Waals surface area (Å²) in [6.45, 7) is 0.826. The Bertz CT molecular complexity index is 323. The van der Waals surface area contributed by atoms with Gasteiger partial charge in [0.2, 0.25) is 0 Å². The zero-order chi connectivity index (χ0) is 10.8. The average Bonchev–Trinajstić information content (AvgIpc) is 2.26. The normalized spacial score (nSPS) is 32.2. The lowest BCUT2D eigenvalue weighted by Gasteiger charge is -2.27. The molecule has 2 heterocycles. The number of nitrogens with zero attached hydrogens (tertiary/aromatic N) is 1. The van der Waals surface area contributed by atoms with E-state index in [-0.39, 0.29) is 11.9 Å². The van der Waals surface area contributed by atoms with Crippen LogP contribution in [0.25, 0.3) is 0 Å². The maximum absolute atomic E-state index is 12.8. The van der Waals surface area contributed by atoms with Crippen LogP contribution in [0.3, 0.4) is 0 Å². The number of nitrogens with one attached hydrogen (secondary N) is 2. The highest BCUT2D eigenvalue weighted by molar-refractivity contribution is 6.18. The largest absolute Gasteiger partial charge is 0.310 e. The van der Waals surface area contributed by atoms with Gasteiger partial charge in [-0.25, -0.2) is 4.39 Å². The fourth-order valence-electron chi connectivity index (χ4n) is 1.76. The third kappa shape index (κ3) is 2.04. The molecule has 0 aromatic carbocycles. The number of amidine groups is 1. The third-order valence-electron chi connectivity index (χ3n) is 2.57. The van der Waals surface area contributed by atoms with Gasteiger partial charge in [0.05, 0.1) is 6.04 Å². The van der Waals surface area contributed by atoms with Gasteiger partial charge in [-0.1, -0.05) is 6.42 Å². The zero-order valence-electron chi connectivity index (χ0n) is 8.12. The molecule has 1 saturated heterocycles. The lowest BCUT2D eigenvalue weighted by molar-refractivity contribution is -0.134. The van der Waals surface area contributed by atoms with E-state index < -0.39 is 18.0 Å². The third-order valence-corrected chi connectivity index (χ3v) is 2.57. The van der Waals surface area contributed by atoms with Gasteiger partial charge in [0, 0.05) is 0 Å². The summed E-state index contributed by atoms with van der Waals surface area (Å²) in [6, 6.07) is -0.126. The molecule has 0 saturated carbocycles. The molecule has 2 unspecified atom stereocenters. The highest BCUT2D eigenvalue weighted by atomic mass is 19.1. The number of carbonyl (C=O) groups excluding carboxylic acids is 2. The summed E-state index contributed by atoms with van der Waals surface area (Å²) >= 11 is 0. The van der Waals surface area contributed by atoms with Gasteiger partial charge >= 0.3 is 0 Å². The maximum Gasteiger partial charge on any atom is 0.291 e. The summed E-state index contributed by atoms with van der Waals surface area (Å²) in [5, 5.41) is 5.44. The minimum Gasteiger partial charge on any atom is -0.310 e. The van der Waals surface area contributed by atoms with Crippen LogP contribution in [0.5, 0.6) is 0 Å². The summed E-state index contributed by atoms with van der Waals surface area (Å²) in [4.78, 5) is 25.6. The Hall–Kier alpha value is -1.30. The Morgan fingerprint density at radius 1 is 1.33 bits per heavy atom.